The molecule has 1 saturated heterocycles. The number of guanidine groups is 1. The second-order valence-electron chi connectivity index (χ2n) is 7.57. The molecule has 0 aliphatic carbocycles. The summed E-state index contributed by atoms with van der Waals surface area (Å²) in [5.74, 6) is 0.977. The number of amides is 1. The number of carbonyl (C=O) groups excluding carboxylic acids is 1. The smallest absolute Gasteiger partial charge is 0.422 e. The summed E-state index contributed by atoms with van der Waals surface area (Å²) in [7, 11) is 1.67. The van der Waals surface area contributed by atoms with E-state index >= 15 is 0 Å². The summed E-state index contributed by atoms with van der Waals surface area (Å²) in [4.78, 5) is 17.9. The number of nitrogens with zero attached hydrogens (tertiary/aromatic N) is 2. The summed E-state index contributed by atoms with van der Waals surface area (Å²) in [6.07, 6.45) is -2.80. The van der Waals surface area contributed by atoms with Gasteiger partial charge in [0.05, 0.1) is 0 Å². The van der Waals surface area contributed by atoms with Crippen molar-refractivity contribution < 1.29 is 22.7 Å². The Kier molecular flexibility index (Phi) is 10.3. The predicted molar refractivity (Wildman–Crippen MR) is 132 cm³/mol. The second kappa shape index (κ2) is 12.7. The highest BCUT2D eigenvalue weighted by molar-refractivity contribution is 14.0. The number of nitrogens with one attached hydrogen (secondary N) is 2. The van der Waals surface area contributed by atoms with Gasteiger partial charge in [0.25, 0.3) is 0 Å². The average molecular weight is 576 g/mol. The van der Waals surface area contributed by atoms with Crippen LogP contribution in [0.1, 0.15) is 29.5 Å². The number of benzene rings is 2. The maximum atomic E-state index is 12.2. The Morgan fingerprint density at radius 3 is 2.33 bits per heavy atom. The van der Waals surface area contributed by atoms with Gasteiger partial charge in [-0.3, -0.25) is 9.79 Å². The Morgan fingerprint density at radius 2 is 1.73 bits per heavy atom. The van der Waals surface area contributed by atoms with Crippen molar-refractivity contribution in [1.29, 1.82) is 0 Å². The minimum absolute atomic E-state index is 0. The molecule has 3 rings (SSSR count). The fraction of sp³-hybridized carbons (Fsp3) is 0.391. The van der Waals surface area contributed by atoms with Gasteiger partial charge in [-0.05, 0) is 35.2 Å². The van der Waals surface area contributed by atoms with E-state index in [4.69, 9.17) is 4.74 Å². The fourth-order valence-electron chi connectivity index (χ4n) is 3.39. The number of ether oxygens (including phenoxy) is 1. The van der Waals surface area contributed by atoms with Crippen LogP contribution in [0.25, 0.3) is 0 Å². The Labute approximate surface area is 208 Å². The zero-order valence-corrected chi connectivity index (χ0v) is 20.7. The van der Waals surface area contributed by atoms with E-state index in [9.17, 15) is 18.0 Å². The first kappa shape index (κ1) is 26.7. The molecule has 2 aromatic rings. The first-order chi connectivity index (χ1) is 15.3. The van der Waals surface area contributed by atoms with E-state index in [-0.39, 0.29) is 35.6 Å². The Morgan fingerprint density at radius 1 is 1.06 bits per heavy atom. The van der Waals surface area contributed by atoms with Gasteiger partial charge in [0.2, 0.25) is 5.91 Å². The molecule has 1 aliphatic rings. The normalized spacial score (nSPS) is 14.1. The van der Waals surface area contributed by atoms with Crippen LogP contribution >= 0.6 is 24.0 Å². The Balaban J connectivity index is 0.00000385. The van der Waals surface area contributed by atoms with Crippen LogP contribution < -0.4 is 15.4 Å². The van der Waals surface area contributed by atoms with Crippen LogP contribution in [-0.2, 0) is 24.4 Å². The van der Waals surface area contributed by atoms with E-state index in [1.54, 1.807) is 19.2 Å². The van der Waals surface area contributed by atoms with Crippen molar-refractivity contribution in [3.05, 3.63) is 65.2 Å². The van der Waals surface area contributed by atoms with Crippen molar-refractivity contribution >= 4 is 35.8 Å². The lowest BCUT2D eigenvalue weighted by Gasteiger charge is -2.16. The zero-order valence-electron chi connectivity index (χ0n) is 18.3. The molecule has 0 bridgehead atoms. The quantitative estimate of drug-likeness (QED) is 0.281. The number of aliphatic imine (C=N–C) groups is 1. The average Bonchev–Trinajstić information content (AvgIpc) is 3.17. The van der Waals surface area contributed by atoms with E-state index in [0.29, 0.717) is 32.0 Å². The molecule has 0 radical (unpaired) electrons. The lowest BCUT2D eigenvalue weighted by atomic mass is 10.1. The molecule has 0 unspecified atom stereocenters. The van der Waals surface area contributed by atoms with Crippen LogP contribution in [0.15, 0.2) is 53.5 Å². The van der Waals surface area contributed by atoms with Crippen molar-refractivity contribution in [1.82, 2.24) is 15.5 Å². The molecule has 0 saturated carbocycles. The van der Waals surface area contributed by atoms with Crippen molar-refractivity contribution in [2.75, 3.05) is 20.2 Å². The van der Waals surface area contributed by atoms with Crippen molar-refractivity contribution in [2.24, 2.45) is 4.99 Å². The van der Waals surface area contributed by atoms with Crippen LogP contribution in [-0.4, -0.2) is 43.1 Å². The molecule has 1 heterocycles. The maximum Gasteiger partial charge on any atom is 0.422 e. The third-order valence-electron chi connectivity index (χ3n) is 5.01. The van der Waals surface area contributed by atoms with Gasteiger partial charge in [-0.1, -0.05) is 36.4 Å². The van der Waals surface area contributed by atoms with Crippen LogP contribution in [0, 0.1) is 0 Å². The van der Waals surface area contributed by atoms with Gasteiger partial charge < -0.3 is 20.3 Å². The number of hydrogen-bond acceptors (Lipinski definition) is 3. The highest BCUT2D eigenvalue weighted by Gasteiger charge is 2.28. The Hall–Kier alpha value is -2.50. The van der Waals surface area contributed by atoms with Gasteiger partial charge in [-0.15, -0.1) is 24.0 Å². The highest BCUT2D eigenvalue weighted by Crippen LogP contribution is 2.19. The van der Waals surface area contributed by atoms with Gasteiger partial charge in [-0.2, -0.15) is 13.2 Å². The topological polar surface area (TPSA) is 66.0 Å². The van der Waals surface area contributed by atoms with E-state index < -0.39 is 12.8 Å². The summed E-state index contributed by atoms with van der Waals surface area (Å²) in [6, 6.07) is 14.5. The fourth-order valence-corrected chi connectivity index (χ4v) is 3.39. The predicted octanol–water partition coefficient (Wildman–Crippen LogP) is 4.23. The minimum atomic E-state index is -4.36. The van der Waals surface area contributed by atoms with Crippen molar-refractivity contribution in [2.45, 2.75) is 38.7 Å². The van der Waals surface area contributed by atoms with E-state index in [0.717, 1.165) is 29.7 Å². The molecule has 6 nitrogen and oxygen atoms in total. The first-order valence-corrected chi connectivity index (χ1v) is 10.4. The van der Waals surface area contributed by atoms with Gasteiger partial charge in [-0.25, -0.2) is 0 Å². The number of likely N-dealkylation sites (tertiary alicyclic amines) is 1. The SMILES string of the molecule is CN=C(NCc1ccc(OCC(F)(F)F)cc1)NCc1cccc(CN2CCCC2=O)c1.I. The Bertz CT molecular complexity index is 936. The highest BCUT2D eigenvalue weighted by atomic mass is 127. The van der Waals surface area contributed by atoms with Crippen molar-refractivity contribution in [3.8, 4) is 5.75 Å². The molecule has 0 atom stereocenters. The molecule has 1 amide bonds. The molecule has 0 aromatic heterocycles. The second-order valence-corrected chi connectivity index (χ2v) is 7.57. The lowest BCUT2D eigenvalue weighted by molar-refractivity contribution is -0.153. The van der Waals surface area contributed by atoms with Gasteiger partial charge in [0.15, 0.2) is 12.6 Å². The number of halogens is 4. The molecular weight excluding hydrogens is 548 g/mol. The molecule has 2 aromatic carbocycles. The molecule has 33 heavy (non-hydrogen) atoms. The van der Waals surface area contributed by atoms with E-state index in [2.05, 4.69) is 21.7 Å². The number of carbonyl (C=O) groups is 1. The van der Waals surface area contributed by atoms with Gasteiger partial charge in [0, 0.05) is 39.6 Å². The summed E-state index contributed by atoms with van der Waals surface area (Å²) >= 11 is 0. The number of rotatable bonds is 8. The standard InChI is InChI=1S/C23H27F3N4O2.HI/c1-27-22(28-13-17-7-9-20(10-8-17)32-16-23(24,25)26)29-14-18-4-2-5-19(12-18)15-30-11-3-6-21(30)31;/h2,4-5,7-10,12H,3,6,11,13-16H2,1H3,(H2,27,28,29);1H. The molecule has 1 aliphatic heterocycles. The third-order valence-corrected chi connectivity index (χ3v) is 5.01. The van der Waals surface area contributed by atoms with Crippen LogP contribution in [0.4, 0.5) is 13.2 Å². The molecule has 0 spiro atoms. The third kappa shape index (κ3) is 9.10. The first-order valence-electron chi connectivity index (χ1n) is 10.4. The molecule has 2 N–H and O–H groups in total. The van der Waals surface area contributed by atoms with Crippen LogP contribution in [0.5, 0.6) is 5.75 Å². The zero-order chi connectivity index (χ0) is 23.0. The number of alkyl halides is 3. The monoisotopic (exact) mass is 576 g/mol. The van der Waals surface area contributed by atoms with Gasteiger partial charge >= 0.3 is 6.18 Å². The summed E-state index contributed by atoms with van der Waals surface area (Å²) in [6.45, 7) is 1.15. The molecular formula is C23H28F3IN4O2. The molecule has 1 fully saturated rings. The van der Waals surface area contributed by atoms with E-state index in [1.165, 1.54) is 12.1 Å². The van der Waals surface area contributed by atoms with Crippen LogP contribution in [0.3, 0.4) is 0 Å². The summed E-state index contributed by atoms with van der Waals surface area (Å²) < 4.78 is 41.4. The molecule has 10 heteroatoms. The largest absolute Gasteiger partial charge is 0.484 e. The molecule has 180 valence electrons. The number of hydrogen-bond donors (Lipinski definition) is 2. The van der Waals surface area contributed by atoms with E-state index in [1.807, 2.05) is 23.1 Å². The van der Waals surface area contributed by atoms with Crippen molar-refractivity contribution in [3.63, 3.8) is 0 Å². The summed E-state index contributed by atoms with van der Waals surface area (Å²) in [5.41, 5.74) is 3.04. The lowest BCUT2D eigenvalue weighted by Crippen LogP contribution is -2.36. The minimum Gasteiger partial charge on any atom is -0.484 e. The maximum absolute atomic E-state index is 12.2. The van der Waals surface area contributed by atoms with Gasteiger partial charge in [0.1, 0.15) is 5.75 Å². The summed E-state index contributed by atoms with van der Waals surface area (Å²) in [5, 5.41) is 6.42. The van der Waals surface area contributed by atoms with Crippen LogP contribution in [0.2, 0.25) is 0 Å².